The van der Waals surface area contributed by atoms with E-state index in [4.69, 9.17) is 4.74 Å². The Kier molecular flexibility index (Phi) is 4.63. The molecular weight excluding hydrogens is 347 g/mol. The summed E-state index contributed by atoms with van der Waals surface area (Å²) in [6.07, 6.45) is 0. The molecule has 6 nitrogen and oxygen atoms in total. The van der Waals surface area contributed by atoms with Crippen LogP contribution in [0.25, 0.3) is 0 Å². The minimum atomic E-state index is -3.88. The SMILES string of the molecule is CCN1CCOc2ccc(NS(=O)(=O)c3ccc(F)cc3)cc2C1=O. The predicted octanol–water partition coefficient (Wildman–Crippen LogP) is 2.48. The van der Waals surface area contributed by atoms with Gasteiger partial charge in [-0.15, -0.1) is 0 Å². The summed E-state index contributed by atoms with van der Waals surface area (Å²) >= 11 is 0. The molecule has 1 aliphatic rings. The highest BCUT2D eigenvalue weighted by Crippen LogP contribution is 2.27. The molecule has 0 radical (unpaired) electrons. The third kappa shape index (κ3) is 3.58. The molecule has 0 saturated carbocycles. The molecule has 1 heterocycles. The molecule has 3 rings (SSSR count). The summed E-state index contributed by atoms with van der Waals surface area (Å²) < 4.78 is 45.7. The Bertz CT molecular complexity index is 897. The third-order valence-electron chi connectivity index (χ3n) is 3.87. The van der Waals surface area contributed by atoms with Crippen LogP contribution in [0.2, 0.25) is 0 Å². The molecule has 0 bridgehead atoms. The van der Waals surface area contributed by atoms with E-state index >= 15 is 0 Å². The second-order valence-corrected chi connectivity index (χ2v) is 7.19. The number of carbonyl (C=O) groups excluding carboxylic acids is 1. The quantitative estimate of drug-likeness (QED) is 0.904. The Morgan fingerprint density at radius 3 is 2.60 bits per heavy atom. The molecule has 0 atom stereocenters. The van der Waals surface area contributed by atoms with Crippen LogP contribution in [0.4, 0.5) is 10.1 Å². The minimum Gasteiger partial charge on any atom is -0.491 e. The number of hydrogen-bond acceptors (Lipinski definition) is 4. The van der Waals surface area contributed by atoms with E-state index in [1.165, 1.54) is 24.3 Å². The lowest BCUT2D eigenvalue weighted by Crippen LogP contribution is -2.32. The zero-order valence-corrected chi connectivity index (χ0v) is 14.3. The van der Waals surface area contributed by atoms with E-state index in [9.17, 15) is 17.6 Å². The number of benzene rings is 2. The van der Waals surface area contributed by atoms with Gasteiger partial charge in [-0.1, -0.05) is 0 Å². The molecule has 0 saturated heterocycles. The van der Waals surface area contributed by atoms with Crippen molar-refractivity contribution in [3.05, 3.63) is 53.8 Å². The highest BCUT2D eigenvalue weighted by molar-refractivity contribution is 7.92. The van der Waals surface area contributed by atoms with Gasteiger partial charge in [-0.3, -0.25) is 9.52 Å². The van der Waals surface area contributed by atoms with Gasteiger partial charge < -0.3 is 9.64 Å². The number of hydrogen-bond donors (Lipinski definition) is 1. The lowest BCUT2D eigenvalue weighted by atomic mass is 10.1. The summed E-state index contributed by atoms with van der Waals surface area (Å²) in [5.74, 6) is -0.310. The number of nitrogens with one attached hydrogen (secondary N) is 1. The number of likely N-dealkylation sites (N-methyl/N-ethyl adjacent to an activating group) is 1. The summed E-state index contributed by atoms with van der Waals surface area (Å²) in [7, 11) is -3.88. The maximum absolute atomic E-state index is 13.0. The first kappa shape index (κ1) is 17.2. The van der Waals surface area contributed by atoms with Crippen LogP contribution in [0.3, 0.4) is 0 Å². The van der Waals surface area contributed by atoms with Crippen molar-refractivity contribution in [2.45, 2.75) is 11.8 Å². The Morgan fingerprint density at radius 1 is 1.20 bits per heavy atom. The first-order chi connectivity index (χ1) is 11.9. The molecule has 132 valence electrons. The molecule has 0 unspecified atom stereocenters. The van der Waals surface area contributed by atoms with E-state index in [0.29, 0.717) is 31.0 Å². The summed E-state index contributed by atoms with van der Waals surface area (Å²) in [5.41, 5.74) is 0.539. The number of amides is 1. The number of halogens is 1. The lowest BCUT2D eigenvalue weighted by molar-refractivity contribution is 0.0765. The van der Waals surface area contributed by atoms with Crippen molar-refractivity contribution in [1.29, 1.82) is 0 Å². The Labute approximate surface area is 145 Å². The monoisotopic (exact) mass is 364 g/mol. The number of sulfonamides is 1. The van der Waals surface area contributed by atoms with Crippen LogP contribution in [0.5, 0.6) is 5.75 Å². The first-order valence-corrected chi connectivity index (χ1v) is 9.23. The van der Waals surface area contributed by atoms with Gasteiger partial charge in [-0.05, 0) is 49.4 Å². The molecule has 0 aliphatic carbocycles. The van der Waals surface area contributed by atoms with E-state index < -0.39 is 15.8 Å². The van der Waals surface area contributed by atoms with Crippen molar-refractivity contribution in [3.63, 3.8) is 0 Å². The van der Waals surface area contributed by atoms with Crippen molar-refractivity contribution in [2.24, 2.45) is 0 Å². The van der Waals surface area contributed by atoms with Gasteiger partial charge in [-0.2, -0.15) is 0 Å². The van der Waals surface area contributed by atoms with Crippen LogP contribution in [0.15, 0.2) is 47.4 Å². The molecule has 8 heteroatoms. The van der Waals surface area contributed by atoms with Gasteiger partial charge in [0.1, 0.15) is 18.2 Å². The predicted molar refractivity (Wildman–Crippen MR) is 90.7 cm³/mol. The molecule has 1 N–H and O–H groups in total. The summed E-state index contributed by atoms with van der Waals surface area (Å²) in [6.45, 7) is 3.26. The standard InChI is InChI=1S/C17H17FN2O4S/c1-2-20-9-10-24-16-8-5-13(11-15(16)17(20)21)19-25(22,23)14-6-3-12(18)4-7-14/h3-8,11,19H,2,9-10H2,1H3. The number of ether oxygens (including phenoxy) is 1. The van der Waals surface area contributed by atoms with E-state index in [0.717, 1.165) is 12.1 Å². The minimum absolute atomic E-state index is 0.0680. The fraction of sp³-hybridized carbons (Fsp3) is 0.235. The maximum atomic E-state index is 13.0. The van der Waals surface area contributed by atoms with Crippen molar-refractivity contribution in [3.8, 4) is 5.75 Å². The van der Waals surface area contributed by atoms with Gasteiger partial charge in [0.2, 0.25) is 0 Å². The Balaban J connectivity index is 1.92. The molecule has 0 fully saturated rings. The number of carbonyl (C=O) groups is 1. The highest BCUT2D eigenvalue weighted by Gasteiger charge is 2.23. The van der Waals surface area contributed by atoms with Gasteiger partial charge in [0.15, 0.2) is 0 Å². The van der Waals surface area contributed by atoms with Crippen LogP contribution < -0.4 is 9.46 Å². The van der Waals surface area contributed by atoms with Crippen molar-refractivity contribution < 1.29 is 22.3 Å². The average molecular weight is 364 g/mol. The number of nitrogens with zero attached hydrogens (tertiary/aromatic N) is 1. The van der Waals surface area contributed by atoms with Crippen LogP contribution >= 0.6 is 0 Å². The zero-order chi connectivity index (χ0) is 18.0. The lowest BCUT2D eigenvalue weighted by Gasteiger charge is -2.17. The van der Waals surface area contributed by atoms with Gasteiger partial charge >= 0.3 is 0 Å². The molecule has 2 aromatic carbocycles. The fourth-order valence-corrected chi connectivity index (χ4v) is 3.60. The average Bonchev–Trinajstić information content (AvgIpc) is 2.74. The molecule has 1 aliphatic heterocycles. The second-order valence-electron chi connectivity index (χ2n) is 5.50. The number of fused-ring (bicyclic) bond motifs is 1. The van der Waals surface area contributed by atoms with E-state index in [-0.39, 0.29) is 16.5 Å². The van der Waals surface area contributed by atoms with Gasteiger partial charge in [-0.25, -0.2) is 12.8 Å². The summed E-state index contributed by atoms with van der Waals surface area (Å²) in [5, 5.41) is 0. The molecule has 25 heavy (non-hydrogen) atoms. The first-order valence-electron chi connectivity index (χ1n) is 7.75. The van der Waals surface area contributed by atoms with Crippen molar-refractivity contribution in [1.82, 2.24) is 4.90 Å². The van der Waals surface area contributed by atoms with Crippen LogP contribution in [0.1, 0.15) is 17.3 Å². The second kappa shape index (κ2) is 6.72. The molecule has 1 amide bonds. The van der Waals surface area contributed by atoms with Gasteiger partial charge in [0.25, 0.3) is 15.9 Å². The fourth-order valence-electron chi connectivity index (χ4n) is 2.55. The molecular formula is C17H17FN2O4S. The Morgan fingerprint density at radius 2 is 1.92 bits per heavy atom. The maximum Gasteiger partial charge on any atom is 0.261 e. The van der Waals surface area contributed by atoms with E-state index in [1.807, 2.05) is 6.92 Å². The van der Waals surface area contributed by atoms with Gasteiger partial charge in [0, 0.05) is 12.2 Å². The summed E-state index contributed by atoms with van der Waals surface area (Å²) in [4.78, 5) is 14.1. The van der Waals surface area contributed by atoms with E-state index in [2.05, 4.69) is 4.72 Å². The van der Waals surface area contributed by atoms with Crippen molar-refractivity contribution >= 4 is 21.6 Å². The molecule has 0 spiro atoms. The highest BCUT2D eigenvalue weighted by atomic mass is 32.2. The normalized spacial score (nSPS) is 14.5. The van der Waals surface area contributed by atoms with Gasteiger partial charge in [0.05, 0.1) is 17.0 Å². The van der Waals surface area contributed by atoms with E-state index in [1.54, 1.807) is 11.0 Å². The molecule has 0 aromatic heterocycles. The summed E-state index contributed by atoms with van der Waals surface area (Å²) in [6, 6.07) is 9.03. The largest absolute Gasteiger partial charge is 0.491 e. The number of rotatable bonds is 4. The number of anilines is 1. The smallest absolute Gasteiger partial charge is 0.261 e. The van der Waals surface area contributed by atoms with Crippen LogP contribution in [-0.2, 0) is 10.0 Å². The zero-order valence-electron chi connectivity index (χ0n) is 13.5. The third-order valence-corrected chi connectivity index (χ3v) is 5.27. The van der Waals surface area contributed by atoms with Crippen LogP contribution in [-0.4, -0.2) is 38.9 Å². The topological polar surface area (TPSA) is 75.7 Å². The molecule has 2 aromatic rings. The van der Waals surface area contributed by atoms with Crippen molar-refractivity contribution in [2.75, 3.05) is 24.4 Å². The Hall–Kier alpha value is -2.61. The van der Waals surface area contributed by atoms with Crippen LogP contribution in [0, 0.1) is 5.82 Å².